The lowest BCUT2D eigenvalue weighted by molar-refractivity contribution is 0.370. The third kappa shape index (κ3) is 2.96. The van der Waals surface area contributed by atoms with Crippen molar-refractivity contribution in [2.24, 2.45) is 5.41 Å². The van der Waals surface area contributed by atoms with Gasteiger partial charge in [0.05, 0.1) is 0 Å². The second kappa shape index (κ2) is 3.97. The van der Waals surface area contributed by atoms with Crippen molar-refractivity contribution in [3.8, 4) is 0 Å². The van der Waals surface area contributed by atoms with E-state index in [4.69, 9.17) is 0 Å². The van der Waals surface area contributed by atoms with Crippen LogP contribution in [0.15, 0.2) is 0 Å². The Kier molecular flexibility index (Phi) is 2.89. The first-order valence-corrected chi connectivity index (χ1v) is 5.73. The van der Waals surface area contributed by atoms with Crippen molar-refractivity contribution in [3.05, 3.63) is 0 Å². The summed E-state index contributed by atoms with van der Waals surface area (Å²) < 4.78 is 0. The summed E-state index contributed by atoms with van der Waals surface area (Å²) in [5, 5.41) is 7.16. The van der Waals surface area contributed by atoms with Crippen molar-refractivity contribution in [2.45, 2.75) is 45.1 Å². The van der Waals surface area contributed by atoms with E-state index in [0.29, 0.717) is 5.41 Å². The standard InChI is InChI=1S/C11H22N2/c1-11(5-6-11)9-12-8-10-4-2-3-7-13-10/h10,12-13H,2-9H2,1H3. The number of rotatable bonds is 4. The van der Waals surface area contributed by atoms with Crippen LogP contribution in [0, 0.1) is 5.41 Å². The molecule has 1 atom stereocenters. The first kappa shape index (κ1) is 9.47. The van der Waals surface area contributed by atoms with Crippen molar-refractivity contribution in [1.29, 1.82) is 0 Å². The van der Waals surface area contributed by atoms with Crippen LogP contribution in [0.2, 0.25) is 0 Å². The Morgan fingerprint density at radius 3 is 2.85 bits per heavy atom. The second-order valence-electron chi connectivity index (χ2n) is 5.09. The number of hydrogen-bond donors (Lipinski definition) is 2. The number of hydrogen-bond acceptors (Lipinski definition) is 2. The maximum Gasteiger partial charge on any atom is 0.0192 e. The highest BCUT2D eigenvalue weighted by atomic mass is 15.0. The zero-order chi connectivity index (χ0) is 9.15. The van der Waals surface area contributed by atoms with Crippen LogP contribution in [-0.2, 0) is 0 Å². The molecule has 1 aliphatic heterocycles. The molecule has 0 radical (unpaired) electrons. The van der Waals surface area contributed by atoms with E-state index in [2.05, 4.69) is 17.6 Å². The van der Waals surface area contributed by atoms with Gasteiger partial charge in [0.15, 0.2) is 0 Å². The predicted octanol–water partition coefficient (Wildman–Crippen LogP) is 1.52. The van der Waals surface area contributed by atoms with Gasteiger partial charge >= 0.3 is 0 Å². The lowest BCUT2D eigenvalue weighted by Crippen LogP contribution is -2.42. The van der Waals surface area contributed by atoms with Gasteiger partial charge in [-0.1, -0.05) is 13.3 Å². The van der Waals surface area contributed by atoms with Gasteiger partial charge in [0, 0.05) is 19.1 Å². The van der Waals surface area contributed by atoms with Crippen LogP contribution >= 0.6 is 0 Å². The van der Waals surface area contributed by atoms with E-state index in [1.165, 1.54) is 51.7 Å². The van der Waals surface area contributed by atoms with E-state index in [-0.39, 0.29) is 0 Å². The molecule has 1 saturated carbocycles. The van der Waals surface area contributed by atoms with Gasteiger partial charge in [-0.15, -0.1) is 0 Å². The topological polar surface area (TPSA) is 24.1 Å². The second-order valence-corrected chi connectivity index (χ2v) is 5.09. The Morgan fingerprint density at radius 1 is 1.38 bits per heavy atom. The fourth-order valence-electron chi connectivity index (χ4n) is 2.04. The lowest BCUT2D eigenvalue weighted by atomic mass is 10.0. The lowest BCUT2D eigenvalue weighted by Gasteiger charge is -2.24. The molecular formula is C11H22N2. The molecular weight excluding hydrogens is 160 g/mol. The summed E-state index contributed by atoms with van der Waals surface area (Å²) in [6.07, 6.45) is 7.00. The molecule has 2 rings (SSSR count). The Balaban J connectivity index is 1.56. The highest BCUT2D eigenvalue weighted by Crippen LogP contribution is 2.43. The molecule has 1 unspecified atom stereocenters. The molecule has 0 amide bonds. The van der Waals surface area contributed by atoms with Gasteiger partial charge in [0.2, 0.25) is 0 Å². The molecule has 0 aromatic carbocycles. The third-order valence-corrected chi connectivity index (χ3v) is 3.46. The minimum Gasteiger partial charge on any atom is -0.315 e. The molecule has 0 aromatic heterocycles. The van der Waals surface area contributed by atoms with Crippen molar-refractivity contribution >= 4 is 0 Å². The summed E-state index contributed by atoms with van der Waals surface area (Å²) in [5.41, 5.74) is 0.661. The molecule has 2 heteroatoms. The van der Waals surface area contributed by atoms with Crippen LogP contribution < -0.4 is 10.6 Å². The SMILES string of the molecule is CC1(CNCC2CCCCN2)CC1. The van der Waals surface area contributed by atoms with Gasteiger partial charge in [-0.3, -0.25) is 0 Å². The molecule has 2 nitrogen and oxygen atoms in total. The first-order valence-electron chi connectivity index (χ1n) is 5.73. The Labute approximate surface area is 81.5 Å². The van der Waals surface area contributed by atoms with Crippen LogP contribution in [0.1, 0.15) is 39.0 Å². The summed E-state index contributed by atoms with van der Waals surface area (Å²) >= 11 is 0. The molecule has 0 bridgehead atoms. The molecule has 2 fully saturated rings. The molecule has 1 saturated heterocycles. The Morgan fingerprint density at radius 2 is 2.23 bits per heavy atom. The Hall–Kier alpha value is -0.0800. The predicted molar refractivity (Wildman–Crippen MR) is 55.9 cm³/mol. The molecule has 76 valence electrons. The Bertz CT molecular complexity index is 157. The van der Waals surface area contributed by atoms with Crippen molar-refractivity contribution in [3.63, 3.8) is 0 Å². The minimum atomic E-state index is 0.661. The highest BCUT2D eigenvalue weighted by Gasteiger charge is 2.36. The van der Waals surface area contributed by atoms with Gasteiger partial charge in [0.1, 0.15) is 0 Å². The number of piperidine rings is 1. The summed E-state index contributed by atoms with van der Waals surface area (Å²) in [5.74, 6) is 0. The average molecular weight is 182 g/mol. The summed E-state index contributed by atoms with van der Waals surface area (Å²) in [7, 11) is 0. The molecule has 1 heterocycles. The maximum absolute atomic E-state index is 3.60. The van der Waals surface area contributed by atoms with E-state index in [1.807, 2.05) is 0 Å². The fourth-order valence-corrected chi connectivity index (χ4v) is 2.04. The molecule has 0 spiro atoms. The fraction of sp³-hybridized carbons (Fsp3) is 1.00. The quantitative estimate of drug-likeness (QED) is 0.689. The minimum absolute atomic E-state index is 0.661. The molecule has 1 aliphatic carbocycles. The molecule has 0 aromatic rings. The molecule has 2 aliphatic rings. The van der Waals surface area contributed by atoms with Gasteiger partial charge in [0.25, 0.3) is 0 Å². The number of nitrogens with one attached hydrogen (secondary N) is 2. The van der Waals surface area contributed by atoms with Gasteiger partial charge < -0.3 is 10.6 Å². The van der Waals surface area contributed by atoms with E-state index in [1.54, 1.807) is 0 Å². The smallest absolute Gasteiger partial charge is 0.0192 e. The van der Waals surface area contributed by atoms with Crippen molar-refractivity contribution in [2.75, 3.05) is 19.6 Å². The van der Waals surface area contributed by atoms with E-state index >= 15 is 0 Å². The van der Waals surface area contributed by atoms with Crippen molar-refractivity contribution < 1.29 is 0 Å². The summed E-state index contributed by atoms with van der Waals surface area (Å²) in [4.78, 5) is 0. The maximum atomic E-state index is 3.60. The van der Waals surface area contributed by atoms with Crippen LogP contribution in [0.5, 0.6) is 0 Å². The van der Waals surface area contributed by atoms with Gasteiger partial charge in [-0.2, -0.15) is 0 Å². The monoisotopic (exact) mass is 182 g/mol. The van der Waals surface area contributed by atoms with Gasteiger partial charge in [-0.25, -0.2) is 0 Å². The van der Waals surface area contributed by atoms with E-state index in [0.717, 1.165) is 6.04 Å². The zero-order valence-corrected chi connectivity index (χ0v) is 8.73. The van der Waals surface area contributed by atoms with Crippen LogP contribution in [-0.4, -0.2) is 25.7 Å². The summed E-state index contributed by atoms with van der Waals surface area (Å²) in [6.45, 7) is 6.01. The van der Waals surface area contributed by atoms with Crippen LogP contribution in [0.4, 0.5) is 0 Å². The van der Waals surface area contributed by atoms with Crippen LogP contribution in [0.25, 0.3) is 0 Å². The third-order valence-electron chi connectivity index (χ3n) is 3.46. The van der Waals surface area contributed by atoms with Crippen molar-refractivity contribution in [1.82, 2.24) is 10.6 Å². The largest absolute Gasteiger partial charge is 0.315 e. The molecule has 2 N–H and O–H groups in total. The average Bonchev–Trinajstić information content (AvgIpc) is 2.86. The zero-order valence-electron chi connectivity index (χ0n) is 8.73. The molecule has 13 heavy (non-hydrogen) atoms. The van der Waals surface area contributed by atoms with Crippen LogP contribution in [0.3, 0.4) is 0 Å². The van der Waals surface area contributed by atoms with E-state index in [9.17, 15) is 0 Å². The highest BCUT2D eigenvalue weighted by molar-refractivity contribution is 4.90. The van der Waals surface area contributed by atoms with Gasteiger partial charge in [-0.05, 0) is 37.6 Å². The first-order chi connectivity index (χ1) is 6.29. The van der Waals surface area contributed by atoms with E-state index < -0.39 is 0 Å². The summed E-state index contributed by atoms with van der Waals surface area (Å²) in [6, 6.07) is 0.746. The normalized spacial score (nSPS) is 31.6.